The van der Waals surface area contributed by atoms with Crippen molar-refractivity contribution in [2.45, 2.75) is 13.3 Å². The zero-order valence-corrected chi connectivity index (χ0v) is 6.83. The Bertz CT molecular complexity index is 313. The van der Waals surface area contributed by atoms with Gasteiger partial charge >= 0.3 is 0 Å². The summed E-state index contributed by atoms with van der Waals surface area (Å²) in [5.74, 6) is 5.58. The number of aryl methyl sites for hydroxylation is 1. The lowest BCUT2D eigenvalue weighted by atomic mass is 10.1. The van der Waals surface area contributed by atoms with E-state index in [0.717, 1.165) is 12.0 Å². The maximum Gasteiger partial charge on any atom is 0.157 e. The normalized spacial score (nSPS) is 9.08. The molecule has 0 unspecified atom stereocenters. The van der Waals surface area contributed by atoms with Gasteiger partial charge in [0.05, 0.1) is 5.56 Å². The Kier molecular flexibility index (Phi) is 2.62. The summed E-state index contributed by atoms with van der Waals surface area (Å²) in [4.78, 5) is 3.98. The molecular formula is C8H10N4. The standard InChI is InChI=1S/C8H10N4/c1-2-6-3-7(4-9)8(12-10)11-5-6/h3,5H,2,10H2,1H3,(H,11,12). The van der Waals surface area contributed by atoms with E-state index in [1.165, 1.54) is 0 Å². The molecule has 0 spiro atoms. The van der Waals surface area contributed by atoms with Crippen molar-refractivity contribution in [1.82, 2.24) is 4.98 Å². The molecule has 3 N–H and O–H groups in total. The van der Waals surface area contributed by atoms with Gasteiger partial charge in [-0.15, -0.1) is 0 Å². The van der Waals surface area contributed by atoms with Crippen LogP contribution in [-0.2, 0) is 6.42 Å². The van der Waals surface area contributed by atoms with E-state index >= 15 is 0 Å². The molecule has 0 bridgehead atoms. The third-order valence-electron chi connectivity index (χ3n) is 1.61. The summed E-state index contributed by atoms with van der Waals surface area (Å²) in [7, 11) is 0. The zero-order chi connectivity index (χ0) is 8.97. The molecule has 0 aliphatic carbocycles. The first-order valence-corrected chi connectivity index (χ1v) is 3.67. The Morgan fingerprint density at radius 3 is 3.00 bits per heavy atom. The lowest BCUT2D eigenvalue weighted by molar-refractivity contribution is 1.09. The quantitative estimate of drug-likeness (QED) is 0.498. The van der Waals surface area contributed by atoms with Crippen LogP contribution in [0.2, 0.25) is 0 Å². The molecule has 1 rings (SSSR count). The Balaban J connectivity index is 3.13. The summed E-state index contributed by atoms with van der Waals surface area (Å²) >= 11 is 0. The number of hydrogen-bond acceptors (Lipinski definition) is 4. The predicted molar refractivity (Wildman–Crippen MR) is 46.1 cm³/mol. The van der Waals surface area contributed by atoms with Gasteiger partial charge < -0.3 is 5.43 Å². The number of hydrogen-bond donors (Lipinski definition) is 2. The summed E-state index contributed by atoms with van der Waals surface area (Å²) in [5.41, 5.74) is 3.88. The molecule has 0 amide bonds. The predicted octanol–water partition coefficient (Wildman–Crippen LogP) is 0.801. The van der Waals surface area contributed by atoms with Gasteiger partial charge in [-0.05, 0) is 18.1 Å². The fourth-order valence-electron chi connectivity index (χ4n) is 0.902. The lowest BCUT2D eigenvalue weighted by Crippen LogP contribution is -2.10. The third kappa shape index (κ3) is 1.52. The molecule has 4 nitrogen and oxygen atoms in total. The minimum Gasteiger partial charge on any atom is -0.307 e. The van der Waals surface area contributed by atoms with Gasteiger partial charge in [-0.3, -0.25) is 0 Å². The monoisotopic (exact) mass is 162 g/mol. The van der Waals surface area contributed by atoms with Crippen molar-refractivity contribution >= 4 is 5.82 Å². The first kappa shape index (κ1) is 8.50. The average molecular weight is 162 g/mol. The number of aromatic nitrogens is 1. The van der Waals surface area contributed by atoms with Gasteiger partial charge in [-0.1, -0.05) is 6.92 Å². The van der Waals surface area contributed by atoms with Crippen LogP contribution in [0.1, 0.15) is 18.1 Å². The summed E-state index contributed by atoms with van der Waals surface area (Å²) in [6, 6.07) is 3.80. The molecule has 0 saturated heterocycles. The molecule has 1 aromatic rings. The molecule has 0 atom stereocenters. The van der Waals surface area contributed by atoms with E-state index in [9.17, 15) is 0 Å². The van der Waals surface area contributed by atoms with E-state index in [0.29, 0.717) is 11.4 Å². The fraction of sp³-hybridized carbons (Fsp3) is 0.250. The van der Waals surface area contributed by atoms with Crippen molar-refractivity contribution in [2.75, 3.05) is 5.43 Å². The van der Waals surface area contributed by atoms with Gasteiger partial charge in [0.25, 0.3) is 0 Å². The Morgan fingerprint density at radius 1 is 1.75 bits per heavy atom. The minimum absolute atomic E-state index is 0.426. The summed E-state index contributed by atoms with van der Waals surface area (Å²) in [5, 5.41) is 8.68. The van der Waals surface area contributed by atoms with E-state index in [-0.39, 0.29) is 0 Å². The summed E-state index contributed by atoms with van der Waals surface area (Å²) in [6.07, 6.45) is 2.57. The van der Waals surface area contributed by atoms with Crippen LogP contribution < -0.4 is 11.3 Å². The summed E-state index contributed by atoms with van der Waals surface area (Å²) in [6.45, 7) is 2.01. The number of pyridine rings is 1. The second-order valence-electron chi connectivity index (χ2n) is 2.35. The van der Waals surface area contributed by atoms with Crippen LogP contribution in [-0.4, -0.2) is 4.98 Å². The second-order valence-corrected chi connectivity index (χ2v) is 2.35. The van der Waals surface area contributed by atoms with Crippen molar-refractivity contribution in [3.63, 3.8) is 0 Å². The third-order valence-corrected chi connectivity index (χ3v) is 1.61. The molecule has 0 aliphatic rings. The van der Waals surface area contributed by atoms with Crippen molar-refractivity contribution in [3.8, 4) is 6.07 Å². The second kappa shape index (κ2) is 3.69. The number of nitrogens with one attached hydrogen (secondary N) is 1. The number of nitrogens with two attached hydrogens (primary N) is 1. The molecule has 1 heterocycles. The Morgan fingerprint density at radius 2 is 2.50 bits per heavy atom. The van der Waals surface area contributed by atoms with Gasteiger partial charge in [0, 0.05) is 6.20 Å². The highest BCUT2D eigenvalue weighted by atomic mass is 15.2. The number of hydrazine groups is 1. The number of nitriles is 1. The molecule has 4 heteroatoms. The van der Waals surface area contributed by atoms with Crippen LogP contribution in [0.3, 0.4) is 0 Å². The molecular weight excluding hydrogens is 152 g/mol. The fourth-order valence-corrected chi connectivity index (χ4v) is 0.902. The highest BCUT2D eigenvalue weighted by molar-refractivity contribution is 5.51. The average Bonchev–Trinajstić information content (AvgIpc) is 2.16. The maximum absolute atomic E-state index is 8.68. The number of anilines is 1. The zero-order valence-electron chi connectivity index (χ0n) is 6.83. The molecule has 62 valence electrons. The molecule has 0 saturated carbocycles. The van der Waals surface area contributed by atoms with Gasteiger partial charge in [-0.25, -0.2) is 10.8 Å². The van der Waals surface area contributed by atoms with Crippen LogP contribution in [0.4, 0.5) is 5.82 Å². The van der Waals surface area contributed by atoms with E-state index in [4.69, 9.17) is 11.1 Å². The molecule has 1 aromatic heterocycles. The Labute approximate surface area is 71.0 Å². The SMILES string of the molecule is CCc1cnc(NN)c(C#N)c1. The van der Waals surface area contributed by atoms with E-state index in [2.05, 4.69) is 10.4 Å². The van der Waals surface area contributed by atoms with Gasteiger partial charge in [0.2, 0.25) is 0 Å². The van der Waals surface area contributed by atoms with Gasteiger partial charge in [-0.2, -0.15) is 5.26 Å². The summed E-state index contributed by atoms with van der Waals surface area (Å²) < 4.78 is 0. The molecule has 0 aliphatic heterocycles. The van der Waals surface area contributed by atoms with Gasteiger partial charge in [0.1, 0.15) is 6.07 Å². The topological polar surface area (TPSA) is 74.7 Å². The van der Waals surface area contributed by atoms with Crippen molar-refractivity contribution in [3.05, 3.63) is 23.4 Å². The Hall–Kier alpha value is -1.60. The van der Waals surface area contributed by atoms with E-state index in [1.807, 2.05) is 13.0 Å². The largest absolute Gasteiger partial charge is 0.307 e. The molecule has 12 heavy (non-hydrogen) atoms. The van der Waals surface area contributed by atoms with Crippen LogP contribution in [0.5, 0.6) is 0 Å². The molecule has 0 aromatic carbocycles. The molecule has 0 fully saturated rings. The van der Waals surface area contributed by atoms with Crippen molar-refractivity contribution in [1.29, 1.82) is 5.26 Å². The number of nitrogen functional groups attached to an aromatic ring is 1. The highest BCUT2D eigenvalue weighted by Crippen LogP contribution is 2.11. The van der Waals surface area contributed by atoms with Crippen LogP contribution in [0, 0.1) is 11.3 Å². The molecule has 0 radical (unpaired) electrons. The maximum atomic E-state index is 8.68. The van der Waals surface area contributed by atoms with Crippen molar-refractivity contribution in [2.24, 2.45) is 5.84 Å². The van der Waals surface area contributed by atoms with Crippen LogP contribution in [0.25, 0.3) is 0 Å². The first-order valence-electron chi connectivity index (χ1n) is 3.67. The highest BCUT2D eigenvalue weighted by Gasteiger charge is 2.01. The lowest BCUT2D eigenvalue weighted by Gasteiger charge is -2.02. The van der Waals surface area contributed by atoms with Gasteiger partial charge in [0.15, 0.2) is 5.82 Å². The van der Waals surface area contributed by atoms with Crippen molar-refractivity contribution < 1.29 is 0 Å². The van der Waals surface area contributed by atoms with E-state index in [1.54, 1.807) is 12.3 Å². The smallest absolute Gasteiger partial charge is 0.157 e. The van der Waals surface area contributed by atoms with E-state index < -0.39 is 0 Å². The minimum atomic E-state index is 0.426. The number of rotatable bonds is 2. The van der Waals surface area contributed by atoms with Crippen LogP contribution >= 0.6 is 0 Å². The van der Waals surface area contributed by atoms with Crippen LogP contribution in [0.15, 0.2) is 12.3 Å². The first-order chi connectivity index (χ1) is 5.81. The number of nitrogens with zero attached hydrogens (tertiary/aromatic N) is 2.